The van der Waals surface area contributed by atoms with E-state index in [9.17, 15) is 0 Å². The average molecular weight is 638 g/mol. The first kappa shape index (κ1) is 30.7. The zero-order valence-electron chi connectivity index (χ0n) is 26.3. The highest BCUT2D eigenvalue weighted by Gasteiger charge is 2.41. The van der Waals surface area contributed by atoms with E-state index >= 15 is 0 Å². The fraction of sp³-hybridized carbons (Fsp3) is 0.371. The van der Waals surface area contributed by atoms with Crippen LogP contribution < -0.4 is 29.7 Å². The van der Waals surface area contributed by atoms with Crippen molar-refractivity contribution >= 4 is 23.3 Å². The van der Waals surface area contributed by atoms with E-state index in [0.717, 1.165) is 67.2 Å². The molecular weight excluding hydrogens is 598 g/mol. The molecule has 2 bridgehead atoms. The molecule has 244 valence electrons. The number of nitrogens with zero attached hydrogens (tertiary/aromatic N) is 6. The van der Waals surface area contributed by atoms with Crippen LogP contribution in [0.25, 0.3) is 17.3 Å². The number of para-hydroxylation sites is 1. The summed E-state index contributed by atoms with van der Waals surface area (Å²) >= 11 is 0. The van der Waals surface area contributed by atoms with Gasteiger partial charge in [0.2, 0.25) is 5.88 Å². The molecule has 1 aromatic carbocycles. The van der Waals surface area contributed by atoms with Gasteiger partial charge in [0.15, 0.2) is 12.6 Å². The summed E-state index contributed by atoms with van der Waals surface area (Å²) in [6.45, 7) is 1.78. The number of aliphatic hydroxyl groups excluding tert-OH is 1. The lowest BCUT2D eigenvalue weighted by Gasteiger charge is -2.43. The van der Waals surface area contributed by atoms with Crippen LogP contribution in [-0.2, 0) is 4.74 Å². The van der Waals surface area contributed by atoms with E-state index in [0.29, 0.717) is 35.2 Å². The molecule has 0 spiro atoms. The minimum absolute atomic E-state index is 0.0109. The number of methoxy groups -OCH3 is 1. The van der Waals surface area contributed by atoms with E-state index in [1.54, 1.807) is 25.5 Å². The van der Waals surface area contributed by atoms with Crippen molar-refractivity contribution < 1.29 is 24.1 Å². The predicted octanol–water partition coefficient (Wildman–Crippen LogP) is 4.35. The zero-order valence-corrected chi connectivity index (χ0v) is 26.3. The van der Waals surface area contributed by atoms with Gasteiger partial charge < -0.3 is 39.6 Å². The van der Waals surface area contributed by atoms with E-state index in [-0.39, 0.29) is 25.6 Å². The Bertz CT molecular complexity index is 1680. The normalized spacial score (nSPS) is 21.9. The van der Waals surface area contributed by atoms with Crippen molar-refractivity contribution in [2.24, 2.45) is 0 Å². The number of benzene rings is 1. The summed E-state index contributed by atoms with van der Waals surface area (Å²) in [5, 5.41) is 17.7. The topological polar surface area (TPSA) is 141 Å². The first-order chi connectivity index (χ1) is 23.1. The molecule has 12 nitrogen and oxygen atoms in total. The standard InChI is InChI=1S/C35H39N7O5/c1-44-22-45-33-7-3-2-6-30(33)31-18-32(35(36)40-39-31)41-20-25-9-10-26(21-41)42(25)24-12-13-37-34(15-24)47-29-16-28(17-29)46-27-11-8-23(38-19-27)5-4-14-43/h2-8,11-13,15,18-19,25-26,28-29,43H,9-10,14,16-17,20-22H2,1H3,(H2,36,40)/t25?,26?,28-,29-. The molecule has 3 N–H and O–H groups in total. The van der Waals surface area contributed by atoms with Gasteiger partial charge in [-0.1, -0.05) is 18.2 Å². The molecule has 12 heteroatoms. The van der Waals surface area contributed by atoms with Crippen LogP contribution in [0, 0.1) is 0 Å². The van der Waals surface area contributed by atoms with Gasteiger partial charge in [-0.2, -0.15) is 0 Å². The number of aromatic nitrogens is 4. The largest absolute Gasteiger partial charge is 0.489 e. The van der Waals surface area contributed by atoms with Crippen LogP contribution in [0.2, 0.25) is 0 Å². The van der Waals surface area contributed by atoms with Gasteiger partial charge in [-0.25, -0.2) is 4.98 Å². The van der Waals surface area contributed by atoms with Crippen molar-refractivity contribution in [1.82, 2.24) is 20.2 Å². The second kappa shape index (κ2) is 13.8. The van der Waals surface area contributed by atoms with Gasteiger partial charge in [-0.05, 0) is 55.3 Å². The van der Waals surface area contributed by atoms with Crippen molar-refractivity contribution in [2.75, 3.05) is 49.1 Å². The van der Waals surface area contributed by atoms with Gasteiger partial charge in [0.05, 0.1) is 29.9 Å². The molecule has 47 heavy (non-hydrogen) atoms. The van der Waals surface area contributed by atoms with Crippen LogP contribution in [0.4, 0.5) is 17.2 Å². The number of rotatable bonds is 12. The molecule has 5 heterocycles. The molecule has 2 unspecified atom stereocenters. The highest BCUT2D eigenvalue weighted by molar-refractivity contribution is 5.75. The SMILES string of the molecule is COCOc1ccccc1-c1cc(N2CC3CCC(C2)N3c2ccnc(O[C@H]3C[C@H](Oc4ccc(C=CCO)nc4)C3)c2)c(N)nn1. The number of ether oxygens (including phenoxy) is 4. The number of aliphatic hydroxyl groups is 1. The Hall–Kier alpha value is -4.94. The minimum Gasteiger partial charge on any atom is -0.489 e. The second-order valence-electron chi connectivity index (χ2n) is 12.1. The number of anilines is 3. The molecule has 7 rings (SSSR count). The Morgan fingerprint density at radius 3 is 2.53 bits per heavy atom. The molecule has 2 saturated heterocycles. The fourth-order valence-electron chi connectivity index (χ4n) is 6.65. The van der Waals surface area contributed by atoms with Gasteiger partial charge in [-0.15, -0.1) is 10.2 Å². The Morgan fingerprint density at radius 1 is 0.957 bits per heavy atom. The maximum Gasteiger partial charge on any atom is 0.215 e. The van der Waals surface area contributed by atoms with Crippen molar-refractivity contribution in [3.8, 4) is 28.6 Å². The van der Waals surface area contributed by atoms with E-state index < -0.39 is 0 Å². The smallest absolute Gasteiger partial charge is 0.215 e. The number of fused-ring (bicyclic) bond motifs is 2. The molecule has 0 amide bonds. The molecule has 2 atom stereocenters. The average Bonchev–Trinajstić information content (AvgIpc) is 3.35. The van der Waals surface area contributed by atoms with E-state index in [1.165, 1.54) is 0 Å². The summed E-state index contributed by atoms with van der Waals surface area (Å²) in [4.78, 5) is 13.7. The summed E-state index contributed by atoms with van der Waals surface area (Å²) in [6.07, 6.45) is 10.9. The highest BCUT2D eigenvalue weighted by atomic mass is 16.7. The summed E-state index contributed by atoms with van der Waals surface area (Å²) in [6, 6.07) is 18.3. The lowest BCUT2D eigenvalue weighted by atomic mass is 9.92. The number of nitrogen functional groups attached to an aromatic ring is 1. The maximum absolute atomic E-state index is 8.93. The third kappa shape index (κ3) is 6.79. The van der Waals surface area contributed by atoms with Crippen molar-refractivity contribution in [2.45, 2.75) is 50.0 Å². The number of pyridine rings is 2. The molecule has 3 aliphatic rings. The van der Waals surface area contributed by atoms with Crippen LogP contribution in [-0.4, -0.2) is 83.2 Å². The van der Waals surface area contributed by atoms with Crippen molar-refractivity contribution in [3.63, 3.8) is 0 Å². The van der Waals surface area contributed by atoms with E-state index in [2.05, 4.69) is 42.1 Å². The monoisotopic (exact) mass is 637 g/mol. The number of hydrogen-bond acceptors (Lipinski definition) is 12. The first-order valence-corrected chi connectivity index (χ1v) is 16.0. The summed E-state index contributed by atoms with van der Waals surface area (Å²) < 4.78 is 23.2. The van der Waals surface area contributed by atoms with E-state index in [4.69, 9.17) is 29.8 Å². The zero-order chi connectivity index (χ0) is 32.2. The Kier molecular flexibility index (Phi) is 9.02. The quantitative estimate of drug-likeness (QED) is 0.213. The minimum atomic E-state index is -0.0109. The summed E-state index contributed by atoms with van der Waals surface area (Å²) in [5.74, 6) is 2.46. The van der Waals surface area contributed by atoms with Crippen LogP contribution in [0.15, 0.2) is 73.1 Å². The lowest BCUT2D eigenvalue weighted by molar-refractivity contribution is 0.00210. The third-order valence-electron chi connectivity index (χ3n) is 8.93. The molecule has 1 aliphatic carbocycles. The molecule has 1 saturated carbocycles. The molecular formula is C35H39N7O5. The van der Waals surface area contributed by atoms with Gasteiger partial charge in [0.1, 0.15) is 23.7 Å². The van der Waals surface area contributed by atoms with Gasteiger partial charge in [0, 0.05) is 68.6 Å². The molecule has 3 aromatic heterocycles. The van der Waals surface area contributed by atoms with Crippen LogP contribution in [0.3, 0.4) is 0 Å². The maximum atomic E-state index is 8.93. The Balaban J connectivity index is 0.978. The van der Waals surface area contributed by atoms with E-state index in [1.807, 2.05) is 48.7 Å². The van der Waals surface area contributed by atoms with Crippen LogP contribution in [0.1, 0.15) is 31.4 Å². The number of hydrogen-bond donors (Lipinski definition) is 2. The van der Waals surface area contributed by atoms with Crippen LogP contribution in [0.5, 0.6) is 17.4 Å². The Morgan fingerprint density at radius 2 is 1.77 bits per heavy atom. The summed E-state index contributed by atoms with van der Waals surface area (Å²) in [7, 11) is 1.60. The van der Waals surface area contributed by atoms with Gasteiger partial charge >= 0.3 is 0 Å². The second-order valence-corrected chi connectivity index (χ2v) is 12.1. The third-order valence-corrected chi connectivity index (χ3v) is 8.93. The highest BCUT2D eigenvalue weighted by Crippen LogP contribution is 2.40. The van der Waals surface area contributed by atoms with Crippen molar-refractivity contribution in [3.05, 3.63) is 78.8 Å². The predicted molar refractivity (Wildman–Crippen MR) is 179 cm³/mol. The fourth-order valence-corrected chi connectivity index (χ4v) is 6.65. The van der Waals surface area contributed by atoms with Crippen molar-refractivity contribution in [1.29, 1.82) is 0 Å². The summed E-state index contributed by atoms with van der Waals surface area (Å²) in [5.41, 5.74) is 10.7. The number of piperazine rings is 1. The molecule has 4 aromatic rings. The lowest BCUT2D eigenvalue weighted by Crippen LogP contribution is -2.54. The molecule has 3 fully saturated rings. The first-order valence-electron chi connectivity index (χ1n) is 16.0. The van der Waals surface area contributed by atoms with Gasteiger partial charge in [-0.3, -0.25) is 4.98 Å². The van der Waals surface area contributed by atoms with Gasteiger partial charge in [0.25, 0.3) is 0 Å². The molecule has 2 aliphatic heterocycles. The number of nitrogens with two attached hydrogens (primary N) is 1. The van der Waals surface area contributed by atoms with Crippen LogP contribution >= 0.6 is 0 Å². The Labute approximate surface area is 273 Å². The molecule has 0 radical (unpaired) electrons.